The second-order valence-corrected chi connectivity index (χ2v) is 4.30. The van der Waals surface area contributed by atoms with E-state index in [1.807, 2.05) is 6.92 Å². The molecule has 0 bridgehead atoms. The molecule has 1 rings (SSSR count). The number of hydrogen-bond donors (Lipinski definition) is 1. The minimum atomic E-state index is 0.582. The first kappa shape index (κ1) is 14.2. The second kappa shape index (κ2) is 9.20. The molecular formula is C15H25NO. The summed E-state index contributed by atoms with van der Waals surface area (Å²) < 4.78 is 5.33. The fraction of sp³-hybridized carbons (Fsp3) is 0.600. The van der Waals surface area contributed by atoms with E-state index < -0.39 is 0 Å². The Labute approximate surface area is 105 Å². The van der Waals surface area contributed by atoms with Crippen molar-refractivity contribution < 1.29 is 4.74 Å². The molecule has 1 aromatic rings. The van der Waals surface area contributed by atoms with E-state index in [1.165, 1.54) is 12.0 Å². The van der Waals surface area contributed by atoms with Crippen LogP contribution in [0.1, 0.15) is 32.3 Å². The fourth-order valence-corrected chi connectivity index (χ4v) is 1.88. The van der Waals surface area contributed by atoms with Gasteiger partial charge in [-0.15, -0.1) is 0 Å². The van der Waals surface area contributed by atoms with Crippen molar-refractivity contribution in [3.8, 4) is 0 Å². The molecule has 2 nitrogen and oxygen atoms in total. The van der Waals surface area contributed by atoms with Crippen molar-refractivity contribution >= 4 is 0 Å². The Morgan fingerprint density at radius 1 is 1.18 bits per heavy atom. The molecule has 0 saturated carbocycles. The molecule has 0 spiro atoms. The molecule has 0 radical (unpaired) electrons. The highest BCUT2D eigenvalue weighted by Crippen LogP contribution is 2.05. The zero-order chi connectivity index (χ0) is 12.3. The van der Waals surface area contributed by atoms with E-state index in [9.17, 15) is 0 Å². The topological polar surface area (TPSA) is 21.3 Å². The number of benzene rings is 1. The van der Waals surface area contributed by atoms with E-state index in [2.05, 4.69) is 42.6 Å². The molecule has 2 heteroatoms. The Hall–Kier alpha value is -0.860. The lowest BCUT2D eigenvalue weighted by atomic mass is 10.0. The van der Waals surface area contributed by atoms with Gasteiger partial charge in [0.25, 0.3) is 0 Å². The molecule has 1 N–H and O–H groups in total. The number of ether oxygens (including phenoxy) is 1. The maximum Gasteiger partial charge on any atom is 0.0477 e. The molecule has 0 aliphatic heterocycles. The van der Waals surface area contributed by atoms with E-state index in [4.69, 9.17) is 4.74 Å². The lowest BCUT2D eigenvalue weighted by Gasteiger charge is -2.17. The first-order chi connectivity index (χ1) is 8.36. The molecule has 0 saturated heterocycles. The molecule has 1 unspecified atom stereocenters. The summed E-state index contributed by atoms with van der Waals surface area (Å²) in [6.07, 6.45) is 3.38. The average Bonchev–Trinajstić information content (AvgIpc) is 2.38. The van der Waals surface area contributed by atoms with Crippen molar-refractivity contribution in [1.29, 1.82) is 0 Å². The van der Waals surface area contributed by atoms with Crippen LogP contribution < -0.4 is 5.32 Å². The van der Waals surface area contributed by atoms with Gasteiger partial charge in [0.1, 0.15) is 0 Å². The van der Waals surface area contributed by atoms with Gasteiger partial charge in [0.2, 0.25) is 0 Å². The molecule has 0 aliphatic carbocycles. The van der Waals surface area contributed by atoms with Crippen LogP contribution in [0.3, 0.4) is 0 Å². The van der Waals surface area contributed by atoms with Crippen molar-refractivity contribution in [3.63, 3.8) is 0 Å². The van der Waals surface area contributed by atoms with Crippen LogP contribution in [0.25, 0.3) is 0 Å². The van der Waals surface area contributed by atoms with Crippen molar-refractivity contribution in [2.45, 2.75) is 39.2 Å². The van der Waals surface area contributed by atoms with Gasteiger partial charge < -0.3 is 10.1 Å². The number of rotatable bonds is 9. The van der Waals surface area contributed by atoms with Gasteiger partial charge in [-0.1, -0.05) is 37.3 Å². The van der Waals surface area contributed by atoms with E-state index in [1.54, 1.807) is 0 Å². The summed E-state index contributed by atoms with van der Waals surface area (Å²) in [5.41, 5.74) is 1.41. The van der Waals surface area contributed by atoms with E-state index in [0.717, 1.165) is 32.6 Å². The third-order valence-electron chi connectivity index (χ3n) is 2.92. The van der Waals surface area contributed by atoms with Gasteiger partial charge in [-0.2, -0.15) is 0 Å². The molecule has 1 aromatic carbocycles. The Morgan fingerprint density at radius 2 is 1.94 bits per heavy atom. The molecule has 0 heterocycles. The van der Waals surface area contributed by atoms with Gasteiger partial charge >= 0.3 is 0 Å². The van der Waals surface area contributed by atoms with Crippen LogP contribution in [0.4, 0.5) is 0 Å². The monoisotopic (exact) mass is 235 g/mol. The second-order valence-electron chi connectivity index (χ2n) is 4.30. The van der Waals surface area contributed by atoms with Gasteiger partial charge in [-0.25, -0.2) is 0 Å². The molecule has 0 aliphatic rings. The molecule has 1 atom stereocenters. The summed E-state index contributed by atoms with van der Waals surface area (Å²) in [7, 11) is 0. The number of nitrogens with one attached hydrogen (secondary N) is 1. The summed E-state index contributed by atoms with van der Waals surface area (Å²) in [6, 6.07) is 11.3. The first-order valence-electron chi connectivity index (χ1n) is 6.71. The van der Waals surface area contributed by atoms with Crippen molar-refractivity contribution in [1.82, 2.24) is 5.32 Å². The maximum absolute atomic E-state index is 5.33. The summed E-state index contributed by atoms with van der Waals surface area (Å²) in [5.74, 6) is 0. The summed E-state index contributed by atoms with van der Waals surface area (Å²) >= 11 is 0. The minimum Gasteiger partial charge on any atom is -0.382 e. The quantitative estimate of drug-likeness (QED) is 0.664. The minimum absolute atomic E-state index is 0.582. The highest BCUT2D eigenvalue weighted by Gasteiger charge is 2.05. The average molecular weight is 235 g/mol. The van der Waals surface area contributed by atoms with Crippen LogP contribution in [0.2, 0.25) is 0 Å². The smallest absolute Gasteiger partial charge is 0.0477 e. The van der Waals surface area contributed by atoms with E-state index in [-0.39, 0.29) is 0 Å². The van der Waals surface area contributed by atoms with Gasteiger partial charge in [-0.3, -0.25) is 0 Å². The molecule has 96 valence electrons. The van der Waals surface area contributed by atoms with E-state index in [0.29, 0.717) is 6.04 Å². The lowest BCUT2D eigenvalue weighted by Crippen LogP contribution is -2.31. The largest absolute Gasteiger partial charge is 0.382 e. The molecule has 0 fully saturated rings. The van der Waals surface area contributed by atoms with Crippen LogP contribution >= 0.6 is 0 Å². The van der Waals surface area contributed by atoms with Crippen molar-refractivity contribution in [2.75, 3.05) is 19.8 Å². The van der Waals surface area contributed by atoms with E-state index >= 15 is 0 Å². The van der Waals surface area contributed by atoms with Gasteiger partial charge in [0, 0.05) is 19.3 Å². The highest BCUT2D eigenvalue weighted by atomic mass is 16.5. The van der Waals surface area contributed by atoms with Gasteiger partial charge in [-0.05, 0) is 38.3 Å². The summed E-state index contributed by atoms with van der Waals surface area (Å²) in [4.78, 5) is 0. The Bertz CT molecular complexity index is 274. The van der Waals surface area contributed by atoms with Crippen LogP contribution in [0.5, 0.6) is 0 Å². The zero-order valence-corrected chi connectivity index (χ0v) is 11.1. The molecule has 0 amide bonds. The van der Waals surface area contributed by atoms with Crippen LogP contribution in [-0.2, 0) is 11.2 Å². The van der Waals surface area contributed by atoms with Crippen LogP contribution in [0.15, 0.2) is 30.3 Å². The maximum atomic E-state index is 5.33. The zero-order valence-electron chi connectivity index (χ0n) is 11.1. The van der Waals surface area contributed by atoms with Crippen LogP contribution in [0, 0.1) is 0 Å². The third-order valence-corrected chi connectivity index (χ3v) is 2.92. The lowest BCUT2D eigenvalue weighted by molar-refractivity contribution is 0.144. The predicted octanol–water partition coefficient (Wildman–Crippen LogP) is 3.02. The Kier molecular flexibility index (Phi) is 7.69. The van der Waals surface area contributed by atoms with Gasteiger partial charge in [0.15, 0.2) is 0 Å². The summed E-state index contributed by atoms with van der Waals surface area (Å²) in [5, 5.41) is 3.60. The summed E-state index contributed by atoms with van der Waals surface area (Å²) in [6.45, 7) is 7.01. The highest BCUT2D eigenvalue weighted by molar-refractivity contribution is 5.15. The first-order valence-corrected chi connectivity index (χ1v) is 6.71. The molecular weight excluding hydrogens is 210 g/mol. The normalized spacial score (nSPS) is 12.6. The number of hydrogen-bond acceptors (Lipinski definition) is 2. The fourth-order valence-electron chi connectivity index (χ4n) is 1.88. The Balaban J connectivity index is 2.20. The third kappa shape index (κ3) is 6.44. The predicted molar refractivity (Wildman–Crippen MR) is 73.3 cm³/mol. The van der Waals surface area contributed by atoms with Crippen LogP contribution in [-0.4, -0.2) is 25.8 Å². The van der Waals surface area contributed by atoms with Gasteiger partial charge in [0.05, 0.1) is 0 Å². The molecule has 0 aromatic heterocycles. The SMILES string of the molecule is CCOCCCNC(CC)Cc1ccccc1. The van der Waals surface area contributed by atoms with Crippen molar-refractivity contribution in [2.24, 2.45) is 0 Å². The Morgan fingerprint density at radius 3 is 2.59 bits per heavy atom. The standard InChI is InChI=1S/C15H25NO/c1-3-15(16-11-8-12-17-4-2)13-14-9-6-5-7-10-14/h5-7,9-10,15-16H,3-4,8,11-13H2,1-2H3. The van der Waals surface area contributed by atoms with Crippen molar-refractivity contribution in [3.05, 3.63) is 35.9 Å². The molecule has 17 heavy (non-hydrogen) atoms.